The van der Waals surface area contributed by atoms with Crippen molar-refractivity contribution in [3.8, 4) is 0 Å². The van der Waals surface area contributed by atoms with Gasteiger partial charge in [0.15, 0.2) is 41.2 Å². The van der Waals surface area contributed by atoms with Crippen molar-refractivity contribution in [2.75, 3.05) is 5.32 Å². The molecule has 1 unspecified atom stereocenters. The number of fused-ring (bicyclic) bond motifs is 1. The Balaban J connectivity index is 1.70. The van der Waals surface area contributed by atoms with E-state index in [0.717, 1.165) is 5.56 Å². The number of rotatable bonds is 8. The van der Waals surface area contributed by atoms with Gasteiger partial charge in [-0.25, -0.2) is 15.0 Å². The van der Waals surface area contributed by atoms with Gasteiger partial charge in [-0.1, -0.05) is 30.3 Å². The Hall–Kier alpha value is -3.90. The van der Waals surface area contributed by atoms with Gasteiger partial charge < -0.3 is 24.6 Å². The van der Waals surface area contributed by atoms with Gasteiger partial charge in [-0.05, 0) is 12.5 Å². The molecule has 2 N–H and O–H groups in total. The second-order valence-electron chi connectivity index (χ2n) is 8.08. The third-order valence-corrected chi connectivity index (χ3v) is 5.49. The first-order valence-electron chi connectivity index (χ1n) is 10.9. The highest BCUT2D eigenvalue weighted by Gasteiger charge is 2.53. The second-order valence-corrected chi connectivity index (χ2v) is 8.08. The molecule has 3 heterocycles. The van der Waals surface area contributed by atoms with Gasteiger partial charge >= 0.3 is 11.9 Å². The number of carbonyl (C=O) groups is 3. The summed E-state index contributed by atoms with van der Waals surface area (Å²) in [7, 11) is 0. The van der Waals surface area contributed by atoms with Gasteiger partial charge in [-0.15, -0.1) is 0 Å². The third kappa shape index (κ3) is 5.12. The van der Waals surface area contributed by atoms with Crippen molar-refractivity contribution in [3.63, 3.8) is 0 Å². The van der Waals surface area contributed by atoms with E-state index in [4.69, 9.17) is 14.2 Å². The van der Waals surface area contributed by atoms with Crippen LogP contribution < -0.4 is 5.32 Å². The van der Waals surface area contributed by atoms with Gasteiger partial charge in [0.1, 0.15) is 18.5 Å². The molecule has 35 heavy (non-hydrogen) atoms. The molecular weight excluding hydrogens is 458 g/mol. The molecule has 1 aliphatic rings. The molecule has 3 aromatic rings. The van der Waals surface area contributed by atoms with Gasteiger partial charge in [0.05, 0.1) is 6.33 Å². The Kier molecular flexibility index (Phi) is 7.03. The SMILES string of the molecule is CC(=O)O[C@@H]1[C@H](OC(C)=O)[C@@H](C(O)C(C)=O)O[C@H]1n1cnc2c(NCc3ccccc3)ncnc21. The number of aromatic nitrogens is 4. The number of imidazole rings is 1. The molecule has 0 amide bonds. The van der Waals surface area contributed by atoms with E-state index in [2.05, 4.69) is 20.3 Å². The largest absolute Gasteiger partial charge is 0.455 e. The van der Waals surface area contributed by atoms with E-state index >= 15 is 0 Å². The fraction of sp³-hybridized carbons (Fsp3) is 0.391. The molecule has 0 bridgehead atoms. The smallest absolute Gasteiger partial charge is 0.303 e. The number of carbonyl (C=O) groups excluding carboxylic acids is 3. The Bertz CT molecular complexity index is 1230. The summed E-state index contributed by atoms with van der Waals surface area (Å²) in [5.41, 5.74) is 1.81. The summed E-state index contributed by atoms with van der Waals surface area (Å²) >= 11 is 0. The van der Waals surface area contributed by atoms with Gasteiger partial charge in [0.2, 0.25) is 0 Å². The van der Waals surface area contributed by atoms with E-state index in [0.29, 0.717) is 23.5 Å². The molecule has 1 aromatic carbocycles. The molecule has 0 spiro atoms. The van der Waals surface area contributed by atoms with E-state index in [1.807, 2.05) is 30.3 Å². The van der Waals surface area contributed by atoms with Crippen LogP contribution in [0.3, 0.4) is 0 Å². The number of nitrogens with zero attached hydrogens (tertiary/aromatic N) is 4. The molecule has 2 aromatic heterocycles. The predicted octanol–water partition coefficient (Wildman–Crippen LogP) is 1.15. The summed E-state index contributed by atoms with van der Waals surface area (Å²) in [5, 5.41) is 13.7. The minimum absolute atomic E-state index is 0.345. The number of benzene rings is 1. The van der Waals surface area contributed by atoms with Crippen LogP contribution in [0, 0.1) is 0 Å². The number of ether oxygens (including phenoxy) is 3. The van der Waals surface area contributed by atoms with Crippen molar-refractivity contribution in [1.82, 2.24) is 19.5 Å². The highest BCUT2D eigenvalue weighted by molar-refractivity contribution is 5.83. The zero-order valence-electron chi connectivity index (χ0n) is 19.3. The van der Waals surface area contributed by atoms with E-state index in [1.165, 1.54) is 38.0 Å². The van der Waals surface area contributed by atoms with Crippen LogP contribution in [0.25, 0.3) is 11.2 Å². The number of ketones is 1. The first kappa shape index (κ1) is 24.2. The number of hydrogen-bond donors (Lipinski definition) is 2. The van der Waals surface area contributed by atoms with Gasteiger partial charge in [0, 0.05) is 20.4 Å². The molecule has 184 valence electrons. The first-order valence-corrected chi connectivity index (χ1v) is 10.9. The molecule has 12 nitrogen and oxygen atoms in total. The fourth-order valence-electron chi connectivity index (χ4n) is 3.97. The topological polar surface area (TPSA) is 155 Å². The highest BCUT2D eigenvalue weighted by atomic mass is 16.6. The fourth-order valence-corrected chi connectivity index (χ4v) is 3.97. The average molecular weight is 483 g/mol. The van der Waals surface area contributed by atoms with E-state index in [9.17, 15) is 19.5 Å². The number of nitrogens with one attached hydrogen (secondary N) is 1. The van der Waals surface area contributed by atoms with Gasteiger partial charge in [0.25, 0.3) is 0 Å². The lowest BCUT2D eigenvalue weighted by Crippen LogP contribution is -2.45. The average Bonchev–Trinajstić information content (AvgIpc) is 3.39. The van der Waals surface area contributed by atoms with E-state index in [-0.39, 0.29) is 0 Å². The molecule has 0 aliphatic carbocycles. The van der Waals surface area contributed by atoms with Crippen molar-refractivity contribution in [3.05, 3.63) is 48.5 Å². The maximum Gasteiger partial charge on any atom is 0.303 e. The zero-order valence-corrected chi connectivity index (χ0v) is 19.3. The first-order chi connectivity index (χ1) is 16.8. The van der Waals surface area contributed by atoms with Crippen LogP contribution in [-0.2, 0) is 35.1 Å². The summed E-state index contributed by atoms with van der Waals surface area (Å²) in [6.45, 7) is 4.03. The normalized spacial score (nSPS) is 22.5. The van der Waals surface area contributed by atoms with E-state index < -0.39 is 48.4 Å². The van der Waals surface area contributed by atoms with Crippen molar-refractivity contribution < 1.29 is 33.7 Å². The number of esters is 2. The number of aliphatic hydroxyl groups is 1. The predicted molar refractivity (Wildman–Crippen MR) is 121 cm³/mol. The zero-order chi connectivity index (χ0) is 25.1. The van der Waals surface area contributed by atoms with Gasteiger partial charge in [-0.2, -0.15) is 0 Å². The summed E-state index contributed by atoms with van der Waals surface area (Å²) in [6.07, 6.45) is -3.64. The minimum Gasteiger partial charge on any atom is -0.455 e. The molecule has 12 heteroatoms. The summed E-state index contributed by atoms with van der Waals surface area (Å²) < 4.78 is 18.2. The number of aliphatic hydroxyl groups excluding tert-OH is 1. The van der Waals surface area contributed by atoms with Crippen molar-refractivity contribution in [2.45, 2.75) is 58.0 Å². The molecule has 4 rings (SSSR count). The molecular formula is C23H25N5O7. The highest BCUT2D eigenvalue weighted by Crippen LogP contribution is 2.37. The van der Waals surface area contributed by atoms with Crippen LogP contribution in [0.1, 0.15) is 32.6 Å². The molecule has 0 saturated carbocycles. The lowest BCUT2D eigenvalue weighted by atomic mass is 10.0. The molecule has 1 aliphatic heterocycles. The monoisotopic (exact) mass is 483 g/mol. The van der Waals surface area contributed by atoms with Gasteiger partial charge in [-0.3, -0.25) is 19.0 Å². The lowest BCUT2D eigenvalue weighted by molar-refractivity contribution is -0.167. The Morgan fingerprint density at radius 2 is 1.74 bits per heavy atom. The molecule has 1 saturated heterocycles. The molecule has 1 fully saturated rings. The maximum absolute atomic E-state index is 11.9. The summed E-state index contributed by atoms with van der Waals surface area (Å²) in [5.74, 6) is -1.48. The Morgan fingerprint density at radius 3 is 2.40 bits per heavy atom. The molecule has 0 radical (unpaired) electrons. The lowest BCUT2D eigenvalue weighted by Gasteiger charge is -2.24. The third-order valence-electron chi connectivity index (χ3n) is 5.49. The second kappa shape index (κ2) is 10.2. The quantitative estimate of drug-likeness (QED) is 0.443. The van der Waals surface area contributed by atoms with Crippen molar-refractivity contribution in [2.24, 2.45) is 0 Å². The Labute approximate surface area is 200 Å². The molecule has 5 atom stereocenters. The van der Waals surface area contributed by atoms with Crippen molar-refractivity contribution in [1.29, 1.82) is 0 Å². The number of hydrogen-bond acceptors (Lipinski definition) is 11. The Morgan fingerprint density at radius 1 is 1.06 bits per heavy atom. The summed E-state index contributed by atoms with van der Waals surface area (Å²) in [6, 6.07) is 9.72. The number of anilines is 1. The standard InChI is InChI=1S/C23H25N5O7/c1-12(29)17(32)18-19(33-13(2)30)20(34-14(3)31)23(35-18)28-11-27-16-21(25-10-26-22(16)28)24-9-15-7-5-4-6-8-15/h4-8,10-11,17-20,23,32H,9H2,1-3H3,(H,24,25,26)/t17?,18-,19-,20-,23-/m1/s1. The van der Waals surface area contributed by atoms with Crippen LogP contribution in [-0.4, -0.2) is 66.8 Å². The summed E-state index contributed by atoms with van der Waals surface area (Å²) in [4.78, 5) is 48.5. The van der Waals surface area contributed by atoms with Crippen LogP contribution >= 0.6 is 0 Å². The number of Topliss-reactive ketones (excluding diaryl/α,β-unsaturated/α-hetero) is 1. The minimum atomic E-state index is -1.62. The van der Waals surface area contributed by atoms with E-state index in [1.54, 1.807) is 0 Å². The van der Waals surface area contributed by atoms with Crippen LogP contribution in [0.4, 0.5) is 5.82 Å². The maximum atomic E-state index is 11.9. The van der Waals surface area contributed by atoms with Crippen molar-refractivity contribution >= 4 is 34.7 Å². The van der Waals surface area contributed by atoms with Crippen LogP contribution in [0.5, 0.6) is 0 Å². The van der Waals surface area contributed by atoms with Crippen LogP contribution in [0.15, 0.2) is 43.0 Å². The van der Waals surface area contributed by atoms with Crippen LogP contribution in [0.2, 0.25) is 0 Å².